The molecule has 1 fully saturated rings. The number of alkyl halides is 5. The average Bonchev–Trinajstić information content (AvgIpc) is 2.90. The Morgan fingerprint density at radius 2 is 1.38 bits per heavy atom. The van der Waals surface area contributed by atoms with E-state index in [-0.39, 0.29) is 23.8 Å². The van der Waals surface area contributed by atoms with Crippen LogP contribution in [0, 0.1) is 29.2 Å². The first-order chi connectivity index (χ1) is 19.8. The molecule has 0 spiro atoms. The third-order valence-electron chi connectivity index (χ3n) is 6.97. The number of unbranched alkanes of at least 4 members (excludes halogenated alkanes) is 2. The van der Waals surface area contributed by atoms with Gasteiger partial charge in [-0.1, -0.05) is 50.5 Å². The van der Waals surface area contributed by atoms with E-state index >= 15 is 0 Å². The summed E-state index contributed by atoms with van der Waals surface area (Å²) in [5.41, 5.74) is -0.731. The molecule has 0 saturated carbocycles. The van der Waals surface area contributed by atoms with Gasteiger partial charge in [0.15, 0.2) is 11.6 Å². The predicted molar refractivity (Wildman–Crippen MR) is 135 cm³/mol. The molecule has 3 nitrogen and oxygen atoms in total. The van der Waals surface area contributed by atoms with Crippen molar-refractivity contribution in [1.82, 2.24) is 0 Å². The van der Waals surface area contributed by atoms with E-state index in [0.717, 1.165) is 31.2 Å². The molecule has 3 aromatic rings. The number of rotatable bonds is 10. The maximum Gasteiger partial charge on any atom is 0.573 e. The standard InChI is InChI=1S/C30H27F9O3/c1-2-3-4-5-17-6-11-26(40-16-17)19-9-7-18(8-10-19)20-12-22(31)27(23(32)13-20)29(35,36)41-21-14-24(33)28(25(34)15-21)42-30(37,38)39/h7-10,12-15,17,26H,2-6,11,16H2,1H3. The van der Waals surface area contributed by atoms with Crippen molar-refractivity contribution in [2.24, 2.45) is 5.92 Å². The van der Waals surface area contributed by atoms with Gasteiger partial charge in [-0.15, -0.1) is 13.2 Å². The van der Waals surface area contributed by atoms with Crippen molar-refractivity contribution in [2.75, 3.05) is 6.61 Å². The lowest BCUT2D eigenvalue weighted by atomic mass is 9.90. The Hall–Kier alpha value is -3.41. The molecule has 1 aliphatic rings. The minimum atomic E-state index is -5.47. The molecule has 0 aliphatic carbocycles. The molecule has 3 aromatic carbocycles. The number of hydrogen-bond acceptors (Lipinski definition) is 3. The van der Waals surface area contributed by atoms with Crippen LogP contribution in [-0.2, 0) is 10.8 Å². The zero-order chi connectivity index (χ0) is 30.7. The van der Waals surface area contributed by atoms with Crippen molar-refractivity contribution < 1.29 is 53.7 Å². The van der Waals surface area contributed by atoms with Crippen LogP contribution >= 0.6 is 0 Å². The van der Waals surface area contributed by atoms with Gasteiger partial charge in [-0.25, -0.2) is 17.6 Å². The molecule has 0 radical (unpaired) electrons. The number of hydrogen-bond donors (Lipinski definition) is 0. The Morgan fingerprint density at radius 1 is 0.762 bits per heavy atom. The fourth-order valence-corrected chi connectivity index (χ4v) is 4.90. The highest BCUT2D eigenvalue weighted by atomic mass is 19.4. The third kappa shape index (κ3) is 7.70. The first kappa shape index (κ1) is 31.5. The average molecular weight is 607 g/mol. The van der Waals surface area contributed by atoms with Gasteiger partial charge in [0, 0.05) is 12.1 Å². The molecule has 1 saturated heterocycles. The van der Waals surface area contributed by atoms with E-state index in [1.165, 1.54) is 12.8 Å². The molecule has 12 heteroatoms. The van der Waals surface area contributed by atoms with Gasteiger partial charge in [-0.3, -0.25) is 0 Å². The zero-order valence-electron chi connectivity index (χ0n) is 22.3. The Kier molecular flexibility index (Phi) is 9.64. The van der Waals surface area contributed by atoms with Gasteiger partial charge in [0.2, 0.25) is 5.75 Å². The summed E-state index contributed by atoms with van der Waals surface area (Å²) in [5.74, 6) is -10.2. The van der Waals surface area contributed by atoms with Crippen LogP contribution in [0.4, 0.5) is 39.5 Å². The first-order valence-corrected chi connectivity index (χ1v) is 13.3. The summed E-state index contributed by atoms with van der Waals surface area (Å²) < 4.78 is 137. The number of halogens is 9. The van der Waals surface area contributed by atoms with Gasteiger partial charge < -0.3 is 14.2 Å². The summed E-state index contributed by atoms with van der Waals surface area (Å²) in [5, 5.41) is 0. The van der Waals surface area contributed by atoms with Gasteiger partial charge in [0.1, 0.15) is 22.9 Å². The highest BCUT2D eigenvalue weighted by molar-refractivity contribution is 5.64. The molecule has 2 atom stereocenters. The van der Waals surface area contributed by atoms with Crippen LogP contribution in [0.1, 0.15) is 62.7 Å². The normalized spacial score (nSPS) is 17.8. The summed E-state index contributed by atoms with van der Waals surface area (Å²) in [6, 6.07) is 7.82. The Bertz CT molecular complexity index is 1320. The van der Waals surface area contributed by atoms with E-state index < -0.39 is 52.8 Å². The molecule has 0 N–H and O–H groups in total. The van der Waals surface area contributed by atoms with Crippen LogP contribution in [0.3, 0.4) is 0 Å². The van der Waals surface area contributed by atoms with Crippen LogP contribution in [-0.4, -0.2) is 13.0 Å². The highest BCUT2D eigenvalue weighted by Crippen LogP contribution is 2.40. The van der Waals surface area contributed by atoms with Crippen LogP contribution in [0.15, 0.2) is 48.5 Å². The highest BCUT2D eigenvalue weighted by Gasteiger charge is 2.42. The van der Waals surface area contributed by atoms with Gasteiger partial charge >= 0.3 is 12.5 Å². The monoisotopic (exact) mass is 606 g/mol. The number of ether oxygens (including phenoxy) is 3. The fraction of sp³-hybridized carbons (Fsp3) is 0.400. The first-order valence-electron chi connectivity index (χ1n) is 13.3. The maximum absolute atomic E-state index is 14.8. The zero-order valence-corrected chi connectivity index (χ0v) is 22.3. The Morgan fingerprint density at radius 3 is 1.90 bits per heavy atom. The Balaban J connectivity index is 1.47. The van der Waals surface area contributed by atoms with Crippen molar-refractivity contribution in [2.45, 2.75) is 64.0 Å². The molecule has 42 heavy (non-hydrogen) atoms. The van der Waals surface area contributed by atoms with E-state index in [4.69, 9.17) is 4.74 Å². The Labute approximate surface area is 236 Å². The van der Waals surface area contributed by atoms with E-state index in [0.29, 0.717) is 30.2 Å². The van der Waals surface area contributed by atoms with Crippen molar-refractivity contribution in [3.63, 3.8) is 0 Å². The van der Waals surface area contributed by atoms with E-state index in [1.807, 2.05) is 0 Å². The third-order valence-corrected chi connectivity index (χ3v) is 6.97. The molecule has 0 aromatic heterocycles. The maximum atomic E-state index is 14.8. The lowest BCUT2D eigenvalue weighted by Crippen LogP contribution is -2.25. The van der Waals surface area contributed by atoms with E-state index in [2.05, 4.69) is 16.4 Å². The summed E-state index contributed by atoms with van der Waals surface area (Å²) in [6.07, 6.45) is -3.92. The molecule has 1 aliphatic heterocycles. The molecule has 2 unspecified atom stereocenters. The molecule has 228 valence electrons. The molecular weight excluding hydrogens is 579 g/mol. The molecule has 1 heterocycles. The SMILES string of the molecule is CCCCCC1CCC(c2ccc(-c3cc(F)c(C(F)(F)Oc4cc(F)c(OC(F)(F)F)c(F)c4)c(F)c3)cc2)OC1. The molecule has 0 bridgehead atoms. The molecule has 4 rings (SSSR count). The van der Waals surface area contributed by atoms with Gasteiger partial charge in [0.25, 0.3) is 0 Å². The van der Waals surface area contributed by atoms with Crippen molar-refractivity contribution in [1.29, 1.82) is 0 Å². The quantitative estimate of drug-likeness (QED) is 0.170. The lowest BCUT2D eigenvalue weighted by Gasteiger charge is -2.29. The topological polar surface area (TPSA) is 27.7 Å². The summed E-state index contributed by atoms with van der Waals surface area (Å²) in [6.45, 7) is 2.80. The van der Waals surface area contributed by atoms with E-state index in [1.54, 1.807) is 24.3 Å². The fourth-order valence-electron chi connectivity index (χ4n) is 4.90. The van der Waals surface area contributed by atoms with Crippen LogP contribution in [0.5, 0.6) is 11.5 Å². The smallest absolute Gasteiger partial charge is 0.429 e. The summed E-state index contributed by atoms with van der Waals surface area (Å²) >= 11 is 0. The predicted octanol–water partition coefficient (Wildman–Crippen LogP) is 9.98. The number of benzene rings is 3. The van der Waals surface area contributed by atoms with Crippen molar-refractivity contribution >= 4 is 0 Å². The van der Waals surface area contributed by atoms with Crippen LogP contribution < -0.4 is 9.47 Å². The largest absolute Gasteiger partial charge is 0.573 e. The van der Waals surface area contributed by atoms with Crippen molar-refractivity contribution in [3.05, 3.63) is 82.9 Å². The lowest BCUT2D eigenvalue weighted by molar-refractivity contribution is -0.276. The summed E-state index contributed by atoms with van der Waals surface area (Å²) in [4.78, 5) is 0. The molecular formula is C30H27F9O3. The van der Waals surface area contributed by atoms with Crippen LogP contribution in [0.25, 0.3) is 11.1 Å². The van der Waals surface area contributed by atoms with Crippen molar-refractivity contribution in [3.8, 4) is 22.6 Å². The van der Waals surface area contributed by atoms with Gasteiger partial charge in [-0.2, -0.15) is 8.78 Å². The second-order valence-corrected chi connectivity index (χ2v) is 10.1. The van der Waals surface area contributed by atoms with Crippen LogP contribution in [0.2, 0.25) is 0 Å². The minimum Gasteiger partial charge on any atom is -0.429 e. The van der Waals surface area contributed by atoms with E-state index in [9.17, 15) is 39.5 Å². The molecule has 0 amide bonds. The summed E-state index contributed by atoms with van der Waals surface area (Å²) in [7, 11) is 0. The second kappa shape index (κ2) is 12.8. The second-order valence-electron chi connectivity index (χ2n) is 10.1. The van der Waals surface area contributed by atoms with Gasteiger partial charge in [0.05, 0.1) is 12.7 Å². The van der Waals surface area contributed by atoms with Gasteiger partial charge in [-0.05, 0) is 54.0 Å². The minimum absolute atomic E-state index is 0.0353.